The molecule has 2 fully saturated rings. The molecule has 25 heavy (non-hydrogen) atoms. The second-order valence-corrected chi connectivity index (χ2v) is 9.28. The highest BCUT2D eigenvalue weighted by atomic mass is 32.2. The summed E-state index contributed by atoms with van der Waals surface area (Å²) in [5.74, 6) is -0.679. The Balaban J connectivity index is 1.65. The summed E-state index contributed by atoms with van der Waals surface area (Å²) in [5, 5.41) is 0. The molecule has 0 spiro atoms. The second kappa shape index (κ2) is 8.98. The van der Waals surface area contributed by atoms with Crippen molar-refractivity contribution in [2.24, 2.45) is 0 Å². The Hall–Kier alpha value is -1.15. The van der Waals surface area contributed by atoms with Crippen LogP contribution in [0.25, 0.3) is 0 Å². The third-order valence-electron chi connectivity index (χ3n) is 5.16. The monoisotopic (exact) mass is 375 g/mol. The standard InChI is InChI=1S/C17H29NO6S/c1-2-17(7-4-3-5-8-17)24-16(20)14-23-15(19)6-9-18-10-12-25(21,22)13-11-18/h2-14H2,1H3. The number of ether oxygens (including phenoxy) is 2. The van der Waals surface area contributed by atoms with Gasteiger partial charge in [0.2, 0.25) is 0 Å². The lowest BCUT2D eigenvalue weighted by Gasteiger charge is -2.35. The van der Waals surface area contributed by atoms with Gasteiger partial charge in [0.25, 0.3) is 0 Å². The van der Waals surface area contributed by atoms with Crippen LogP contribution in [0.2, 0.25) is 0 Å². The van der Waals surface area contributed by atoms with Crippen molar-refractivity contribution in [3.05, 3.63) is 0 Å². The van der Waals surface area contributed by atoms with Crippen LogP contribution >= 0.6 is 0 Å². The fourth-order valence-electron chi connectivity index (χ4n) is 3.43. The molecule has 0 bridgehead atoms. The fraction of sp³-hybridized carbons (Fsp3) is 0.882. The average molecular weight is 375 g/mol. The second-order valence-electron chi connectivity index (χ2n) is 6.98. The Morgan fingerprint density at radius 1 is 1.04 bits per heavy atom. The van der Waals surface area contributed by atoms with E-state index in [1.54, 1.807) is 0 Å². The average Bonchev–Trinajstić information content (AvgIpc) is 2.60. The van der Waals surface area contributed by atoms with Crippen molar-refractivity contribution in [3.63, 3.8) is 0 Å². The Morgan fingerprint density at radius 2 is 1.68 bits per heavy atom. The summed E-state index contributed by atoms with van der Waals surface area (Å²) in [6.45, 7) is 2.99. The van der Waals surface area contributed by atoms with Gasteiger partial charge in [0.05, 0.1) is 17.9 Å². The normalized spacial score (nSPS) is 22.9. The SMILES string of the molecule is CCC1(OC(=O)COC(=O)CCN2CCS(=O)(=O)CC2)CCCCC1. The van der Waals surface area contributed by atoms with Crippen LogP contribution < -0.4 is 0 Å². The van der Waals surface area contributed by atoms with Gasteiger partial charge in [0.1, 0.15) is 5.60 Å². The van der Waals surface area contributed by atoms with Gasteiger partial charge in [-0.3, -0.25) is 4.79 Å². The largest absolute Gasteiger partial charge is 0.457 e. The van der Waals surface area contributed by atoms with Crippen molar-refractivity contribution in [2.75, 3.05) is 37.7 Å². The summed E-state index contributed by atoms with van der Waals surface area (Å²) in [5.41, 5.74) is -0.388. The van der Waals surface area contributed by atoms with Crippen LogP contribution in [0.1, 0.15) is 51.9 Å². The van der Waals surface area contributed by atoms with Gasteiger partial charge in [-0.05, 0) is 32.1 Å². The van der Waals surface area contributed by atoms with Crippen LogP contribution in [0.15, 0.2) is 0 Å². The zero-order chi connectivity index (χ0) is 18.3. The first-order chi connectivity index (χ1) is 11.8. The summed E-state index contributed by atoms with van der Waals surface area (Å²) in [7, 11) is -2.92. The molecule has 0 aromatic heterocycles. The number of nitrogens with zero attached hydrogens (tertiary/aromatic N) is 1. The van der Waals surface area contributed by atoms with Crippen molar-refractivity contribution >= 4 is 21.8 Å². The third-order valence-corrected chi connectivity index (χ3v) is 6.77. The van der Waals surface area contributed by atoms with E-state index in [0.29, 0.717) is 19.6 Å². The molecule has 144 valence electrons. The zero-order valence-electron chi connectivity index (χ0n) is 15.0. The van der Waals surface area contributed by atoms with Crippen LogP contribution in [0.4, 0.5) is 0 Å². The first-order valence-corrected chi connectivity index (χ1v) is 11.0. The molecule has 7 nitrogen and oxygen atoms in total. The molecule has 0 aromatic carbocycles. The van der Waals surface area contributed by atoms with Gasteiger partial charge < -0.3 is 14.4 Å². The van der Waals surface area contributed by atoms with Crippen LogP contribution in [-0.2, 0) is 28.9 Å². The highest BCUT2D eigenvalue weighted by Crippen LogP contribution is 2.34. The molecule has 0 aromatic rings. The minimum Gasteiger partial charge on any atom is -0.457 e. The van der Waals surface area contributed by atoms with Crippen molar-refractivity contribution in [2.45, 2.75) is 57.5 Å². The van der Waals surface area contributed by atoms with E-state index in [1.165, 1.54) is 6.42 Å². The topological polar surface area (TPSA) is 90.0 Å². The summed E-state index contributed by atoms with van der Waals surface area (Å²) in [4.78, 5) is 25.7. The molecule has 2 aliphatic rings. The molecule has 0 N–H and O–H groups in total. The van der Waals surface area contributed by atoms with Crippen LogP contribution in [0.5, 0.6) is 0 Å². The summed E-state index contributed by atoms with van der Waals surface area (Å²) in [6.07, 6.45) is 5.98. The van der Waals surface area contributed by atoms with E-state index >= 15 is 0 Å². The van der Waals surface area contributed by atoms with Crippen LogP contribution in [0.3, 0.4) is 0 Å². The van der Waals surface area contributed by atoms with E-state index in [9.17, 15) is 18.0 Å². The molecule has 1 saturated heterocycles. The highest BCUT2D eigenvalue weighted by Gasteiger charge is 2.34. The lowest BCUT2D eigenvalue weighted by Crippen LogP contribution is -2.41. The van der Waals surface area contributed by atoms with Gasteiger partial charge in [-0.1, -0.05) is 13.3 Å². The molecule has 1 heterocycles. The maximum absolute atomic E-state index is 12.0. The minimum absolute atomic E-state index is 0.132. The molecule has 0 unspecified atom stereocenters. The van der Waals surface area contributed by atoms with E-state index in [2.05, 4.69) is 0 Å². The Bertz CT molecular complexity index is 554. The maximum Gasteiger partial charge on any atom is 0.344 e. The Labute approximate surface area is 150 Å². The van der Waals surface area contributed by atoms with Crippen molar-refractivity contribution in [1.29, 1.82) is 0 Å². The lowest BCUT2D eigenvalue weighted by molar-refractivity contribution is -0.173. The predicted octanol–water partition coefficient (Wildman–Crippen LogP) is 1.31. The molecule has 2 rings (SSSR count). The van der Waals surface area contributed by atoms with Gasteiger partial charge in [0.15, 0.2) is 16.4 Å². The Morgan fingerprint density at radius 3 is 2.28 bits per heavy atom. The number of esters is 2. The van der Waals surface area contributed by atoms with Crippen molar-refractivity contribution in [3.8, 4) is 0 Å². The predicted molar refractivity (Wildman–Crippen MR) is 92.9 cm³/mol. The maximum atomic E-state index is 12.0. The van der Waals surface area contributed by atoms with Crippen molar-refractivity contribution < 1.29 is 27.5 Å². The van der Waals surface area contributed by atoms with Crippen LogP contribution in [0, 0.1) is 0 Å². The lowest BCUT2D eigenvalue weighted by atomic mass is 9.83. The molecule has 1 saturated carbocycles. The van der Waals surface area contributed by atoms with E-state index < -0.39 is 21.8 Å². The first kappa shape index (κ1) is 20.2. The van der Waals surface area contributed by atoms with Crippen LogP contribution in [-0.4, -0.2) is 68.6 Å². The van der Waals surface area contributed by atoms with E-state index in [4.69, 9.17) is 9.47 Å². The summed E-state index contributed by atoms with van der Waals surface area (Å²) < 4.78 is 33.3. The molecular formula is C17H29NO6S. The highest BCUT2D eigenvalue weighted by molar-refractivity contribution is 7.91. The van der Waals surface area contributed by atoms with Gasteiger partial charge in [-0.15, -0.1) is 0 Å². The van der Waals surface area contributed by atoms with Gasteiger partial charge in [-0.25, -0.2) is 13.2 Å². The molecule has 0 atom stereocenters. The smallest absolute Gasteiger partial charge is 0.344 e. The number of carbonyl (C=O) groups is 2. The van der Waals surface area contributed by atoms with E-state index in [-0.39, 0.29) is 30.1 Å². The van der Waals surface area contributed by atoms with Gasteiger partial charge in [0, 0.05) is 19.6 Å². The fourth-order valence-corrected chi connectivity index (χ4v) is 4.71. The Kier molecular flexibility index (Phi) is 7.25. The zero-order valence-corrected chi connectivity index (χ0v) is 15.8. The number of carbonyl (C=O) groups excluding carboxylic acids is 2. The molecule has 8 heteroatoms. The molecule has 1 aliphatic heterocycles. The van der Waals surface area contributed by atoms with E-state index in [1.807, 2.05) is 11.8 Å². The number of hydrogen-bond donors (Lipinski definition) is 0. The number of rotatable bonds is 7. The molecular weight excluding hydrogens is 346 g/mol. The van der Waals surface area contributed by atoms with E-state index in [0.717, 1.165) is 32.1 Å². The number of sulfone groups is 1. The summed E-state index contributed by atoms with van der Waals surface area (Å²) in [6, 6.07) is 0. The molecule has 0 radical (unpaired) electrons. The molecule has 1 aliphatic carbocycles. The summed E-state index contributed by atoms with van der Waals surface area (Å²) >= 11 is 0. The quantitative estimate of drug-likeness (QED) is 0.620. The van der Waals surface area contributed by atoms with Gasteiger partial charge in [-0.2, -0.15) is 0 Å². The number of hydrogen-bond acceptors (Lipinski definition) is 7. The minimum atomic E-state index is -2.92. The molecule has 0 amide bonds. The van der Waals surface area contributed by atoms with Gasteiger partial charge >= 0.3 is 11.9 Å². The first-order valence-electron chi connectivity index (χ1n) is 9.14. The third kappa shape index (κ3) is 6.58. The van der Waals surface area contributed by atoms with Crippen molar-refractivity contribution in [1.82, 2.24) is 4.90 Å².